The Morgan fingerprint density at radius 3 is 2.36 bits per heavy atom. The third-order valence-electron chi connectivity index (χ3n) is 4.72. The average Bonchev–Trinajstić information content (AvgIpc) is 2.66. The summed E-state index contributed by atoms with van der Waals surface area (Å²) in [6.45, 7) is 8.09. The predicted octanol–water partition coefficient (Wildman–Crippen LogP) is 0.556. The molecule has 0 amide bonds. The van der Waals surface area contributed by atoms with Crippen LogP contribution in [0.1, 0.15) is 33.6 Å². The van der Waals surface area contributed by atoms with Crippen LogP contribution < -0.4 is 0 Å². The number of sulfone groups is 1. The Kier molecular flexibility index (Phi) is 5.57. The van der Waals surface area contributed by atoms with Crippen molar-refractivity contribution in [2.75, 3.05) is 37.7 Å². The fourth-order valence-electron chi connectivity index (χ4n) is 3.59. The van der Waals surface area contributed by atoms with E-state index in [1.165, 1.54) is 4.31 Å². The molecule has 2 rings (SSSR count). The summed E-state index contributed by atoms with van der Waals surface area (Å²) in [4.78, 5) is 2.26. The van der Waals surface area contributed by atoms with Gasteiger partial charge in [-0.1, -0.05) is 13.8 Å². The number of hydrogen-bond acceptors (Lipinski definition) is 5. The first-order valence-electron chi connectivity index (χ1n) is 8.11. The Labute approximate surface area is 134 Å². The molecule has 0 unspecified atom stereocenters. The van der Waals surface area contributed by atoms with E-state index in [-0.39, 0.29) is 17.5 Å². The van der Waals surface area contributed by atoms with Crippen molar-refractivity contribution in [1.29, 1.82) is 0 Å². The first kappa shape index (κ1) is 18.2. The van der Waals surface area contributed by atoms with E-state index in [1.807, 2.05) is 0 Å². The van der Waals surface area contributed by atoms with Gasteiger partial charge in [-0.05, 0) is 25.7 Å². The number of fused-ring (bicyclic) bond motifs is 1. The third-order valence-corrected chi connectivity index (χ3v) is 8.82. The highest BCUT2D eigenvalue weighted by molar-refractivity contribution is 7.92. The zero-order chi connectivity index (χ0) is 16.5. The molecule has 0 aromatic heterocycles. The maximum absolute atomic E-state index is 12.4. The molecule has 8 heteroatoms. The molecular weight excluding hydrogens is 324 g/mol. The summed E-state index contributed by atoms with van der Waals surface area (Å²) in [6, 6.07) is -0.0433. The van der Waals surface area contributed by atoms with Gasteiger partial charge in [0, 0.05) is 32.2 Å². The van der Waals surface area contributed by atoms with E-state index in [4.69, 9.17) is 0 Å². The fourth-order valence-corrected chi connectivity index (χ4v) is 6.77. The molecule has 2 aliphatic heterocycles. The smallest absolute Gasteiger partial charge is 0.213 e. The Bertz CT molecular complexity index is 586. The van der Waals surface area contributed by atoms with Gasteiger partial charge in [0.05, 0.1) is 16.8 Å². The minimum atomic E-state index is -3.25. The standard InChI is InChI=1S/C14H28N2O4S2/c1-4-22(19,20)16-7-5-13-14(6-8-16)21(17,18)10-9-15(13)11-12(2)3/h12-14H,4-11H2,1-3H3/t13-,14+/m0/s1. The van der Waals surface area contributed by atoms with Crippen molar-refractivity contribution in [1.82, 2.24) is 9.21 Å². The summed E-state index contributed by atoms with van der Waals surface area (Å²) < 4.78 is 50.5. The van der Waals surface area contributed by atoms with Crippen molar-refractivity contribution in [2.24, 2.45) is 5.92 Å². The molecule has 0 aromatic carbocycles. The van der Waals surface area contributed by atoms with E-state index in [1.54, 1.807) is 6.92 Å². The van der Waals surface area contributed by atoms with Crippen LogP contribution >= 0.6 is 0 Å². The first-order chi connectivity index (χ1) is 10.2. The van der Waals surface area contributed by atoms with E-state index in [9.17, 15) is 16.8 Å². The van der Waals surface area contributed by atoms with Gasteiger partial charge >= 0.3 is 0 Å². The first-order valence-corrected chi connectivity index (χ1v) is 11.4. The van der Waals surface area contributed by atoms with Crippen molar-refractivity contribution in [3.63, 3.8) is 0 Å². The molecule has 2 heterocycles. The van der Waals surface area contributed by atoms with Crippen LogP contribution in [-0.4, -0.2) is 75.0 Å². The molecule has 2 aliphatic rings. The van der Waals surface area contributed by atoms with Crippen LogP contribution in [0, 0.1) is 5.92 Å². The van der Waals surface area contributed by atoms with Gasteiger partial charge < -0.3 is 0 Å². The van der Waals surface area contributed by atoms with E-state index in [2.05, 4.69) is 18.7 Å². The van der Waals surface area contributed by atoms with Crippen LogP contribution in [-0.2, 0) is 19.9 Å². The van der Waals surface area contributed by atoms with E-state index >= 15 is 0 Å². The summed E-state index contributed by atoms with van der Waals surface area (Å²) >= 11 is 0. The quantitative estimate of drug-likeness (QED) is 0.739. The second-order valence-corrected chi connectivity index (χ2v) is 11.3. The molecular formula is C14H28N2O4S2. The highest BCUT2D eigenvalue weighted by Gasteiger charge is 2.43. The van der Waals surface area contributed by atoms with Gasteiger partial charge in [-0.3, -0.25) is 4.90 Å². The van der Waals surface area contributed by atoms with Crippen molar-refractivity contribution >= 4 is 19.9 Å². The molecule has 0 spiro atoms. The summed E-state index contributed by atoms with van der Waals surface area (Å²) in [5, 5.41) is -0.419. The number of nitrogens with zero attached hydrogens (tertiary/aromatic N) is 2. The Morgan fingerprint density at radius 1 is 1.14 bits per heavy atom. The molecule has 0 bridgehead atoms. The predicted molar refractivity (Wildman–Crippen MR) is 88.0 cm³/mol. The molecule has 0 N–H and O–H groups in total. The van der Waals surface area contributed by atoms with Gasteiger partial charge in [-0.25, -0.2) is 21.1 Å². The molecule has 0 saturated carbocycles. The third kappa shape index (κ3) is 3.83. The van der Waals surface area contributed by atoms with Crippen molar-refractivity contribution in [3.8, 4) is 0 Å². The molecule has 2 atom stereocenters. The van der Waals surface area contributed by atoms with Crippen molar-refractivity contribution in [2.45, 2.75) is 44.9 Å². The summed E-state index contributed by atoms with van der Waals surface area (Å²) in [5.74, 6) is 0.742. The molecule has 2 saturated heterocycles. The van der Waals surface area contributed by atoms with Crippen LogP contribution in [0.15, 0.2) is 0 Å². The molecule has 2 fully saturated rings. The summed E-state index contributed by atoms with van der Waals surface area (Å²) in [6.07, 6.45) is 1.02. The molecule has 0 radical (unpaired) electrons. The lowest BCUT2D eigenvalue weighted by atomic mass is 10.0. The lowest BCUT2D eigenvalue weighted by Gasteiger charge is -2.40. The second-order valence-electron chi connectivity index (χ2n) is 6.74. The van der Waals surface area contributed by atoms with Gasteiger partial charge in [-0.15, -0.1) is 0 Å². The van der Waals surface area contributed by atoms with Crippen molar-refractivity contribution < 1.29 is 16.8 Å². The summed E-state index contributed by atoms with van der Waals surface area (Å²) in [5.41, 5.74) is 0. The van der Waals surface area contributed by atoms with Crippen LogP contribution in [0.25, 0.3) is 0 Å². The number of sulfonamides is 1. The van der Waals surface area contributed by atoms with Gasteiger partial charge in [-0.2, -0.15) is 0 Å². The molecule has 6 nitrogen and oxygen atoms in total. The topological polar surface area (TPSA) is 74.8 Å². The Hall–Kier alpha value is -0.180. The molecule has 0 aliphatic carbocycles. The minimum absolute atomic E-state index is 0.0433. The zero-order valence-electron chi connectivity index (χ0n) is 13.7. The van der Waals surface area contributed by atoms with Crippen LogP contribution in [0.3, 0.4) is 0 Å². The van der Waals surface area contributed by atoms with Gasteiger partial charge in [0.1, 0.15) is 0 Å². The largest absolute Gasteiger partial charge is 0.298 e. The van der Waals surface area contributed by atoms with Crippen LogP contribution in [0.2, 0.25) is 0 Å². The maximum atomic E-state index is 12.4. The van der Waals surface area contributed by atoms with Gasteiger partial charge in [0.2, 0.25) is 10.0 Å². The molecule has 0 aromatic rings. The van der Waals surface area contributed by atoms with Crippen molar-refractivity contribution in [3.05, 3.63) is 0 Å². The molecule has 22 heavy (non-hydrogen) atoms. The highest BCUT2D eigenvalue weighted by atomic mass is 32.2. The average molecular weight is 353 g/mol. The lowest BCUT2D eigenvalue weighted by Crippen LogP contribution is -2.55. The Morgan fingerprint density at radius 2 is 1.77 bits per heavy atom. The van der Waals surface area contributed by atoms with Crippen LogP contribution in [0.4, 0.5) is 0 Å². The SMILES string of the molecule is CCS(=O)(=O)N1CC[C@@H]2[C@H](CC1)N(CC(C)C)CCS2(=O)=O. The van der Waals surface area contributed by atoms with Gasteiger partial charge in [0.15, 0.2) is 9.84 Å². The summed E-state index contributed by atoms with van der Waals surface area (Å²) in [7, 11) is -6.36. The van der Waals surface area contributed by atoms with E-state index in [0.717, 1.165) is 6.54 Å². The highest BCUT2D eigenvalue weighted by Crippen LogP contribution is 2.29. The van der Waals surface area contributed by atoms with Crippen LogP contribution in [0.5, 0.6) is 0 Å². The number of rotatable bonds is 4. The number of hydrogen-bond donors (Lipinski definition) is 0. The lowest BCUT2D eigenvalue weighted by molar-refractivity contribution is 0.163. The maximum Gasteiger partial charge on any atom is 0.213 e. The Balaban J connectivity index is 2.23. The van der Waals surface area contributed by atoms with E-state index < -0.39 is 25.1 Å². The van der Waals surface area contributed by atoms with Gasteiger partial charge in [0.25, 0.3) is 0 Å². The minimum Gasteiger partial charge on any atom is -0.298 e. The monoisotopic (exact) mass is 352 g/mol. The zero-order valence-corrected chi connectivity index (χ0v) is 15.4. The fraction of sp³-hybridized carbons (Fsp3) is 1.00. The van der Waals surface area contributed by atoms with E-state index in [0.29, 0.717) is 38.4 Å². The normalized spacial score (nSPS) is 30.9. The molecule has 130 valence electrons. The second kappa shape index (κ2) is 6.75.